The molecule has 138 valence electrons. The lowest BCUT2D eigenvalue weighted by atomic mass is 10.0. The third kappa shape index (κ3) is 3.51. The molecule has 1 aliphatic rings. The number of carbonyl (C=O) groups excluding carboxylic acids is 1. The highest BCUT2D eigenvalue weighted by Crippen LogP contribution is 2.29. The number of nitrogens with two attached hydrogens (primary N) is 1. The second-order valence-corrected chi connectivity index (χ2v) is 7.09. The molecule has 27 heavy (non-hydrogen) atoms. The van der Waals surface area contributed by atoms with Gasteiger partial charge in [0.05, 0.1) is 5.52 Å². The largest absolute Gasteiger partial charge is 0.368 e. The van der Waals surface area contributed by atoms with E-state index in [2.05, 4.69) is 46.0 Å². The SMILES string of the molecule is Cc1ccc2nccc(N3CCN(C(C(N)=O)c4ccccc4)CC3)c2c1. The van der Waals surface area contributed by atoms with E-state index in [-0.39, 0.29) is 11.9 Å². The van der Waals surface area contributed by atoms with Gasteiger partial charge in [-0.15, -0.1) is 0 Å². The number of fused-ring (bicyclic) bond motifs is 1. The predicted molar refractivity (Wildman–Crippen MR) is 109 cm³/mol. The number of piperazine rings is 1. The van der Waals surface area contributed by atoms with E-state index in [9.17, 15) is 4.79 Å². The van der Waals surface area contributed by atoms with Gasteiger partial charge in [-0.3, -0.25) is 14.7 Å². The van der Waals surface area contributed by atoms with Crippen LogP contribution in [0.15, 0.2) is 60.8 Å². The van der Waals surface area contributed by atoms with Gasteiger partial charge in [-0.2, -0.15) is 0 Å². The molecule has 2 N–H and O–H groups in total. The second-order valence-electron chi connectivity index (χ2n) is 7.09. The topological polar surface area (TPSA) is 62.5 Å². The molecule has 5 heteroatoms. The molecule has 4 rings (SSSR count). The van der Waals surface area contributed by atoms with Gasteiger partial charge in [0.1, 0.15) is 6.04 Å². The molecule has 0 radical (unpaired) electrons. The number of rotatable bonds is 4. The van der Waals surface area contributed by atoms with Gasteiger partial charge in [-0.25, -0.2) is 0 Å². The molecule has 1 atom stereocenters. The van der Waals surface area contributed by atoms with Crippen molar-refractivity contribution in [2.45, 2.75) is 13.0 Å². The summed E-state index contributed by atoms with van der Waals surface area (Å²) in [5.74, 6) is -0.292. The molecule has 2 aromatic carbocycles. The first-order valence-electron chi connectivity index (χ1n) is 9.32. The number of benzene rings is 2. The van der Waals surface area contributed by atoms with E-state index in [4.69, 9.17) is 5.73 Å². The number of pyridine rings is 1. The molecule has 0 bridgehead atoms. The zero-order chi connectivity index (χ0) is 18.8. The summed E-state index contributed by atoms with van der Waals surface area (Å²) in [7, 11) is 0. The first-order chi connectivity index (χ1) is 13.1. The van der Waals surface area contributed by atoms with E-state index >= 15 is 0 Å². The van der Waals surface area contributed by atoms with E-state index in [1.807, 2.05) is 36.5 Å². The lowest BCUT2D eigenvalue weighted by molar-refractivity contribution is -0.123. The molecule has 1 aromatic heterocycles. The Morgan fingerprint density at radius 3 is 2.48 bits per heavy atom. The van der Waals surface area contributed by atoms with Crippen molar-refractivity contribution in [1.29, 1.82) is 0 Å². The van der Waals surface area contributed by atoms with Gasteiger partial charge in [0.25, 0.3) is 0 Å². The van der Waals surface area contributed by atoms with Gasteiger partial charge < -0.3 is 10.6 Å². The van der Waals surface area contributed by atoms with Crippen LogP contribution in [0.4, 0.5) is 5.69 Å². The Labute approximate surface area is 159 Å². The number of carbonyl (C=O) groups is 1. The number of aromatic nitrogens is 1. The van der Waals surface area contributed by atoms with Gasteiger partial charge in [-0.1, -0.05) is 42.0 Å². The summed E-state index contributed by atoms with van der Waals surface area (Å²) in [6, 6.07) is 17.9. The number of nitrogens with zero attached hydrogens (tertiary/aromatic N) is 3. The minimum atomic E-state index is -0.371. The average molecular weight is 360 g/mol. The van der Waals surface area contributed by atoms with Crippen molar-refractivity contribution >= 4 is 22.5 Å². The maximum atomic E-state index is 12.1. The van der Waals surface area contributed by atoms with Crippen molar-refractivity contribution in [2.24, 2.45) is 5.73 Å². The third-order valence-corrected chi connectivity index (χ3v) is 5.28. The van der Waals surface area contributed by atoms with Crippen LogP contribution < -0.4 is 10.6 Å². The van der Waals surface area contributed by atoms with E-state index in [0.29, 0.717) is 0 Å². The predicted octanol–water partition coefficient (Wildman–Crippen LogP) is 2.89. The minimum Gasteiger partial charge on any atom is -0.368 e. The van der Waals surface area contributed by atoms with Crippen molar-refractivity contribution in [1.82, 2.24) is 9.88 Å². The average Bonchev–Trinajstić information content (AvgIpc) is 2.69. The number of aryl methyl sites for hydroxylation is 1. The lowest BCUT2D eigenvalue weighted by Crippen LogP contribution is -2.50. The first-order valence-corrected chi connectivity index (χ1v) is 9.32. The molecule has 3 aromatic rings. The van der Waals surface area contributed by atoms with E-state index < -0.39 is 0 Å². The Bertz CT molecular complexity index is 949. The fourth-order valence-corrected chi connectivity index (χ4v) is 3.93. The van der Waals surface area contributed by atoms with Gasteiger partial charge in [-0.05, 0) is 30.7 Å². The Morgan fingerprint density at radius 1 is 1.04 bits per heavy atom. The van der Waals surface area contributed by atoms with Gasteiger partial charge in [0, 0.05) is 43.4 Å². The Kier molecular flexibility index (Phi) is 4.77. The second kappa shape index (κ2) is 7.37. The minimum absolute atomic E-state index is 0.292. The molecule has 1 aliphatic heterocycles. The molecule has 0 spiro atoms. The summed E-state index contributed by atoms with van der Waals surface area (Å²) in [6.07, 6.45) is 1.87. The highest BCUT2D eigenvalue weighted by atomic mass is 16.1. The Morgan fingerprint density at radius 2 is 1.78 bits per heavy atom. The van der Waals surface area contributed by atoms with Crippen molar-refractivity contribution in [3.63, 3.8) is 0 Å². The fraction of sp³-hybridized carbons (Fsp3) is 0.273. The first kappa shape index (κ1) is 17.5. The van der Waals surface area contributed by atoms with E-state index in [0.717, 1.165) is 37.3 Å². The number of primary amides is 1. The van der Waals surface area contributed by atoms with Crippen molar-refractivity contribution < 1.29 is 4.79 Å². The van der Waals surface area contributed by atoms with Gasteiger partial charge in [0.2, 0.25) is 5.91 Å². The number of hydrogen-bond acceptors (Lipinski definition) is 4. The molecule has 0 aliphatic carbocycles. The van der Waals surface area contributed by atoms with Crippen LogP contribution in [0, 0.1) is 6.92 Å². The molecular formula is C22H24N4O. The van der Waals surface area contributed by atoms with Crippen molar-refractivity contribution in [3.8, 4) is 0 Å². The van der Waals surface area contributed by atoms with Crippen molar-refractivity contribution in [2.75, 3.05) is 31.1 Å². The van der Waals surface area contributed by atoms with Crippen LogP contribution in [0.1, 0.15) is 17.2 Å². The van der Waals surface area contributed by atoms with Crippen LogP contribution in [0.2, 0.25) is 0 Å². The maximum Gasteiger partial charge on any atom is 0.239 e. The summed E-state index contributed by atoms with van der Waals surface area (Å²) >= 11 is 0. The van der Waals surface area contributed by atoms with Crippen LogP contribution in [0.5, 0.6) is 0 Å². The zero-order valence-electron chi connectivity index (χ0n) is 15.5. The highest BCUT2D eigenvalue weighted by Gasteiger charge is 2.29. The van der Waals surface area contributed by atoms with Crippen LogP contribution in [-0.4, -0.2) is 42.0 Å². The molecule has 0 saturated carbocycles. The van der Waals surface area contributed by atoms with Gasteiger partial charge >= 0.3 is 0 Å². The fourth-order valence-electron chi connectivity index (χ4n) is 3.93. The summed E-state index contributed by atoms with van der Waals surface area (Å²) in [5.41, 5.74) is 10.1. The van der Waals surface area contributed by atoms with E-state index in [1.54, 1.807) is 0 Å². The van der Waals surface area contributed by atoms with Crippen LogP contribution in [0.3, 0.4) is 0 Å². The smallest absolute Gasteiger partial charge is 0.239 e. The Hall–Kier alpha value is -2.92. The number of hydrogen-bond donors (Lipinski definition) is 1. The molecule has 1 amide bonds. The molecule has 2 heterocycles. The van der Waals surface area contributed by atoms with Gasteiger partial charge in [0.15, 0.2) is 0 Å². The zero-order valence-corrected chi connectivity index (χ0v) is 15.5. The standard InChI is InChI=1S/C22H24N4O/c1-16-7-8-19-18(15-16)20(9-10-24-19)25-11-13-26(14-12-25)21(22(23)27)17-5-3-2-4-6-17/h2-10,15,21H,11-14H2,1H3,(H2,23,27). The lowest BCUT2D eigenvalue weighted by Gasteiger charge is -2.39. The number of anilines is 1. The quantitative estimate of drug-likeness (QED) is 0.777. The summed E-state index contributed by atoms with van der Waals surface area (Å²) < 4.78 is 0. The van der Waals surface area contributed by atoms with Crippen molar-refractivity contribution in [3.05, 3.63) is 71.9 Å². The summed E-state index contributed by atoms with van der Waals surface area (Å²) in [6.45, 7) is 5.38. The monoisotopic (exact) mass is 360 g/mol. The molecule has 1 fully saturated rings. The van der Waals surface area contributed by atoms with Crippen LogP contribution in [-0.2, 0) is 4.79 Å². The number of amides is 1. The highest BCUT2D eigenvalue weighted by molar-refractivity contribution is 5.92. The third-order valence-electron chi connectivity index (χ3n) is 5.28. The molecule has 5 nitrogen and oxygen atoms in total. The molecular weight excluding hydrogens is 336 g/mol. The maximum absolute atomic E-state index is 12.1. The normalized spacial score (nSPS) is 16.4. The van der Waals surface area contributed by atoms with E-state index in [1.165, 1.54) is 16.6 Å². The van der Waals surface area contributed by atoms with Crippen LogP contribution >= 0.6 is 0 Å². The molecule has 1 saturated heterocycles. The Balaban J connectivity index is 1.55. The summed E-state index contributed by atoms with van der Waals surface area (Å²) in [4.78, 5) is 21.2. The summed E-state index contributed by atoms with van der Waals surface area (Å²) in [5, 5.41) is 1.18. The molecule has 1 unspecified atom stereocenters. The van der Waals surface area contributed by atoms with Crippen LogP contribution in [0.25, 0.3) is 10.9 Å².